The molecule has 0 aromatic heterocycles. The van der Waals surface area contributed by atoms with Crippen LogP contribution < -0.4 is 4.74 Å². The predicted octanol–water partition coefficient (Wildman–Crippen LogP) is 3.62. The van der Waals surface area contributed by atoms with Gasteiger partial charge in [-0.1, -0.05) is 32.9 Å². The largest absolute Gasteiger partial charge is 0.493 e. The molecule has 1 aromatic carbocycles. The van der Waals surface area contributed by atoms with Crippen LogP contribution in [0.15, 0.2) is 12.1 Å². The van der Waals surface area contributed by atoms with Gasteiger partial charge in [-0.25, -0.2) is 0 Å². The number of aryl methyl sites for hydroxylation is 1. The summed E-state index contributed by atoms with van der Waals surface area (Å²) in [4.78, 5) is 0. The summed E-state index contributed by atoms with van der Waals surface area (Å²) in [6, 6.07) is 4.45. The molecule has 1 nitrogen and oxygen atoms in total. The lowest BCUT2D eigenvalue weighted by Crippen LogP contribution is -2.19. The molecule has 0 amide bonds. The summed E-state index contributed by atoms with van der Waals surface area (Å²) in [5, 5.41) is 0. The molecule has 0 bridgehead atoms. The topological polar surface area (TPSA) is 9.23 Å². The van der Waals surface area contributed by atoms with Gasteiger partial charge in [-0.3, -0.25) is 0 Å². The maximum absolute atomic E-state index is 5.79. The third-order valence-electron chi connectivity index (χ3n) is 3.08. The highest BCUT2D eigenvalue weighted by Crippen LogP contribution is 2.36. The maximum atomic E-state index is 5.79. The molecule has 0 N–H and O–H groups in total. The monoisotopic (exact) mass is 204 g/mol. The molecule has 15 heavy (non-hydrogen) atoms. The zero-order chi connectivity index (χ0) is 11.1. The van der Waals surface area contributed by atoms with Gasteiger partial charge in [0.25, 0.3) is 0 Å². The van der Waals surface area contributed by atoms with Crippen LogP contribution in [0.4, 0.5) is 0 Å². The SMILES string of the molecule is Cc1ccc(C(C)(C)C)c2c1OCCC2. The summed E-state index contributed by atoms with van der Waals surface area (Å²) in [5.41, 5.74) is 4.38. The first-order chi connectivity index (χ1) is 7.00. The molecular formula is C14H20O. The molecule has 0 unspecified atom stereocenters. The lowest BCUT2D eigenvalue weighted by molar-refractivity contribution is 0.284. The van der Waals surface area contributed by atoms with Crippen molar-refractivity contribution in [2.75, 3.05) is 6.61 Å². The maximum Gasteiger partial charge on any atom is 0.125 e. The summed E-state index contributed by atoms with van der Waals surface area (Å²) >= 11 is 0. The second-order valence-electron chi connectivity index (χ2n) is 5.44. The minimum Gasteiger partial charge on any atom is -0.493 e. The minimum atomic E-state index is 0.221. The van der Waals surface area contributed by atoms with Crippen molar-refractivity contribution in [3.8, 4) is 5.75 Å². The van der Waals surface area contributed by atoms with Gasteiger partial charge in [0, 0.05) is 0 Å². The fourth-order valence-corrected chi connectivity index (χ4v) is 2.32. The van der Waals surface area contributed by atoms with E-state index < -0.39 is 0 Å². The molecule has 0 spiro atoms. The van der Waals surface area contributed by atoms with Crippen molar-refractivity contribution in [1.29, 1.82) is 0 Å². The number of rotatable bonds is 0. The molecule has 0 atom stereocenters. The first kappa shape index (κ1) is 10.5. The second-order valence-corrected chi connectivity index (χ2v) is 5.44. The van der Waals surface area contributed by atoms with E-state index in [1.807, 2.05) is 0 Å². The summed E-state index contributed by atoms with van der Waals surface area (Å²) in [6.07, 6.45) is 2.32. The van der Waals surface area contributed by atoms with Gasteiger partial charge in [0.1, 0.15) is 5.75 Å². The van der Waals surface area contributed by atoms with Crippen molar-refractivity contribution >= 4 is 0 Å². The zero-order valence-electron chi connectivity index (χ0n) is 10.2. The minimum absolute atomic E-state index is 0.221. The van der Waals surface area contributed by atoms with Crippen LogP contribution in [0.3, 0.4) is 0 Å². The van der Waals surface area contributed by atoms with Crippen molar-refractivity contribution in [2.45, 2.75) is 46.0 Å². The summed E-state index contributed by atoms with van der Waals surface area (Å²) in [6.45, 7) is 9.82. The molecule has 2 rings (SSSR count). The molecule has 1 aliphatic heterocycles. The van der Waals surface area contributed by atoms with E-state index >= 15 is 0 Å². The van der Waals surface area contributed by atoms with Crippen LogP contribution in [0.1, 0.15) is 43.9 Å². The molecule has 82 valence electrons. The van der Waals surface area contributed by atoms with Crippen LogP contribution in [0.2, 0.25) is 0 Å². The molecule has 0 fully saturated rings. The number of benzene rings is 1. The first-order valence-corrected chi connectivity index (χ1v) is 5.76. The van der Waals surface area contributed by atoms with Crippen LogP contribution in [-0.4, -0.2) is 6.61 Å². The Bertz CT molecular complexity index is 372. The van der Waals surface area contributed by atoms with Crippen LogP contribution >= 0.6 is 0 Å². The van der Waals surface area contributed by atoms with Crippen LogP contribution in [0.5, 0.6) is 5.75 Å². The summed E-state index contributed by atoms with van der Waals surface area (Å²) < 4.78 is 5.79. The summed E-state index contributed by atoms with van der Waals surface area (Å²) in [7, 11) is 0. The van der Waals surface area contributed by atoms with Gasteiger partial charge in [0.2, 0.25) is 0 Å². The van der Waals surface area contributed by atoms with E-state index in [-0.39, 0.29) is 5.41 Å². The van der Waals surface area contributed by atoms with Gasteiger partial charge in [0.15, 0.2) is 0 Å². The Labute approximate surface area is 92.5 Å². The molecular weight excluding hydrogens is 184 g/mol. The highest BCUT2D eigenvalue weighted by Gasteiger charge is 2.23. The van der Waals surface area contributed by atoms with Crippen molar-refractivity contribution in [1.82, 2.24) is 0 Å². The van der Waals surface area contributed by atoms with Gasteiger partial charge < -0.3 is 4.74 Å². The van der Waals surface area contributed by atoms with E-state index in [0.717, 1.165) is 18.8 Å². The van der Waals surface area contributed by atoms with Crippen LogP contribution in [-0.2, 0) is 11.8 Å². The number of ether oxygens (including phenoxy) is 1. The molecule has 1 heterocycles. The fraction of sp³-hybridized carbons (Fsp3) is 0.571. The third kappa shape index (κ3) is 1.88. The second kappa shape index (κ2) is 3.55. The van der Waals surface area contributed by atoms with E-state index in [9.17, 15) is 0 Å². The number of hydrogen-bond donors (Lipinski definition) is 0. The van der Waals surface area contributed by atoms with E-state index in [1.54, 1.807) is 0 Å². The van der Waals surface area contributed by atoms with Crippen LogP contribution in [0.25, 0.3) is 0 Å². The standard InChI is InChI=1S/C14H20O/c1-10-7-8-12(14(2,3)4)11-6-5-9-15-13(10)11/h7-8H,5-6,9H2,1-4H3. The zero-order valence-corrected chi connectivity index (χ0v) is 10.2. The van der Waals surface area contributed by atoms with Crippen molar-refractivity contribution in [3.05, 3.63) is 28.8 Å². The van der Waals surface area contributed by atoms with Crippen molar-refractivity contribution in [2.24, 2.45) is 0 Å². The summed E-state index contributed by atoms with van der Waals surface area (Å²) in [5.74, 6) is 1.15. The smallest absolute Gasteiger partial charge is 0.125 e. The Morgan fingerprint density at radius 3 is 2.60 bits per heavy atom. The predicted molar refractivity (Wildman–Crippen MR) is 63.7 cm³/mol. The van der Waals surface area contributed by atoms with E-state index in [2.05, 4.69) is 39.8 Å². The number of fused-ring (bicyclic) bond motifs is 1. The first-order valence-electron chi connectivity index (χ1n) is 5.76. The molecule has 0 saturated heterocycles. The average molecular weight is 204 g/mol. The molecule has 0 saturated carbocycles. The van der Waals surface area contributed by atoms with Gasteiger partial charge in [0.05, 0.1) is 6.61 Å². The van der Waals surface area contributed by atoms with E-state index in [0.29, 0.717) is 0 Å². The highest BCUT2D eigenvalue weighted by atomic mass is 16.5. The Kier molecular flexibility index (Phi) is 2.49. The van der Waals surface area contributed by atoms with Crippen molar-refractivity contribution < 1.29 is 4.74 Å². The molecule has 1 heteroatoms. The third-order valence-corrected chi connectivity index (χ3v) is 3.08. The van der Waals surface area contributed by atoms with E-state index in [4.69, 9.17) is 4.74 Å². The fourth-order valence-electron chi connectivity index (χ4n) is 2.32. The average Bonchev–Trinajstić information content (AvgIpc) is 2.17. The molecule has 1 aromatic rings. The lowest BCUT2D eigenvalue weighted by atomic mass is 9.81. The highest BCUT2D eigenvalue weighted by molar-refractivity contribution is 5.49. The Balaban J connectivity index is 2.58. The van der Waals surface area contributed by atoms with E-state index in [1.165, 1.54) is 23.1 Å². The Hall–Kier alpha value is -0.980. The van der Waals surface area contributed by atoms with Gasteiger partial charge >= 0.3 is 0 Å². The van der Waals surface area contributed by atoms with Gasteiger partial charge in [-0.2, -0.15) is 0 Å². The Morgan fingerprint density at radius 2 is 1.93 bits per heavy atom. The van der Waals surface area contributed by atoms with Gasteiger partial charge in [-0.05, 0) is 41.9 Å². The normalized spacial score (nSPS) is 15.7. The van der Waals surface area contributed by atoms with Gasteiger partial charge in [-0.15, -0.1) is 0 Å². The Morgan fingerprint density at radius 1 is 1.20 bits per heavy atom. The number of hydrogen-bond acceptors (Lipinski definition) is 1. The quantitative estimate of drug-likeness (QED) is 0.627. The van der Waals surface area contributed by atoms with Crippen molar-refractivity contribution in [3.63, 3.8) is 0 Å². The molecule has 0 radical (unpaired) electrons. The molecule has 0 aliphatic carbocycles. The van der Waals surface area contributed by atoms with Crippen LogP contribution in [0, 0.1) is 6.92 Å². The lowest BCUT2D eigenvalue weighted by Gasteiger charge is -2.28. The molecule has 1 aliphatic rings.